The van der Waals surface area contributed by atoms with Crippen LogP contribution in [0.15, 0.2) is 83.7 Å². The van der Waals surface area contributed by atoms with Crippen molar-refractivity contribution in [3.63, 3.8) is 0 Å². The third-order valence-electron chi connectivity index (χ3n) is 6.94. The molecular formula is C31H29F3N6O2S. The molecule has 1 saturated heterocycles. The molecule has 0 aliphatic carbocycles. The Morgan fingerprint density at radius 1 is 1.00 bits per heavy atom. The SMILES string of the molecule is C/C(NC(=O)N=C1SCCN1c1c(C)cccc1C)=C(/C)c1ccc(-c2ncn(-c3ccc(OC(F)(F)F)cc3)n2)cc1. The third kappa shape index (κ3) is 7.08. The smallest absolute Gasteiger partial charge is 0.406 e. The standard InChI is InChI=1S/C31H29F3N6O2S/c1-19-6-5-7-20(2)27(19)39-16-17-43-30(39)37-29(41)36-22(4)21(3)23-8-10-24(11-9-23)28-35-18-40(38-28)25-12-14-26(15-13-25)42-31(32,33)34/h5-15,18H,16-17H2,1-4H3,(H,36,41)/b22-21+,37-30?. The van der Waals surface area contributed by atoms with Crippen LogP contribution < -0.4 is 15.0 Å². The van der Waals surface area contributed by atoms with Crippen LogP contribution in [0.1, 0.15) is 30.5 Å². The van der Waals surface area contributed by atoms with Crippen molar-refractivity contribution in [2.45, 2.75) is 34.1 Å². The summed E-state index contributed by atoms with van der Waals surface area (Å²) in [4.78, 5) is 23.7. The van der Waals surface area contributed by atoms with Crippen LogP contribution in [0.2, 0.25) is 0 Å². The van der Waals surface area contributed by atoms with E-state index in [4.69, 9.17) is 0 Å². The summed E-state index contributed by atoms with van der Waals surface area (Å²) in [5.41, 5.74) is 7.13. The molecule has 1 fully saturated rings. The van der Waals surface area contributed by atoms with Gasteiger partial charge in [-0.25, -0.2) is 14.5 Å². The Morgan fingerprint density at radius 3 is 2.33 bits per heavy atom. The van der Waals surface area contributed by atoms with Crippen LogP contribution in [0.25, 0.3) is 22.6 Å². The van der Waals surface area contributed by atoms with Crippen LogP contribution in [0, 0.1) is 13.8 Å². The number of para-hydroxylation sites is 1. The van der Waals surface area contributed by atoms with Gasteiger partial charge in [0.25, 0.3) is 0 Å². The van der Waals surface area contributed by atoms with E-state index in [1.807, 2.05) is 44.2 Å². The van der Waals surface area contributed by atoms with E-state index in [1.165, 1.54) is 35.3 Å². The Morgan fingerprint density at radius 2 is 1.67 bits per heavy atom. The van der Waals surface area contributed by atoms with Crippen LogP contribution in [0.4, 0.5) is 23.7 Å². The number of carbonyl (C=O) groups excluding carboxylic acids is 1. The van der Waals surface area contributed by atoms with Gasteiger partial charge in [0, 0.05) is 29.2 Å². The molecule has 1 aliphatic heterocycles. The van der Waals surface area contributed by atoms with Crippen LogP contribution in [-0.2, 0) is 0 Å². The fraction of sp³-hybridized carbons (Fsp3) is 0.226. The summed E-state index contributed by atoms with van der Waals surface area (Å²) in [7, 11) is 0. The van der Waals surface area contributed by atoms with Gasteiger partial charge in [0.15, 0.2) is 11.0 Å². The highest BCUT2D eigenvalue weighted by Gasteiger charge is 2.31. The highest BCUT2D eigenvalue weighted by molar-refractivity contribution is 8.14. The molecule has 0 unspecified atom stereocenters. The first-order valence-electron chi connectivity index (χ1n) is 13.4. The number of benzene rings is 3. The van der Waals surface area contributed by atoms with Crippen molar-refractivity contribution in [1.29, 1.82) is 0 Å². The van der Waals surface area contributed by atoms with Gasteiger partial charge >= 0.3 is 12.4 Å². The van der Waals surface area contributed by atoms with E-state index in [2.05, 4.69) is 56.0 Å². The van der Waals surface area contributed by atoms with Gasteiger partial charge in [-0.1, -0.05) is 54.2 Å². The lowest BCUT2D eigenvalue weighted by atomic mass is 10.0. The van der Waals surface area contributed by atoms with Gasteiger partial charge in [-0.2, -0.15) is 4.99 Å². The maximum atomic E-state index is 12.9. The van der Waals surface area contributed by atoms with Crippen molar-refractivity contribution in [3.05, 3.63) is 95.4 Å². The normalized spacial score (nSPS) is 15.0. The number of amidine groups is 1. The van der Waals surface area contributed by atoms with Crippen molar-refractivity contribution in [2.24, 2.45) is 4.99 Å². The monoisotopic (exact) mass is 606 g/mol. The summed E-state index contributed by atoms with van der Waals surface area (Å²) in [6.07, 6.45) is -3.27. The maximum absolute atomic E-state index is 12.9. The summed E-state index contributed by atoms with van der Waals surface area (Å²) in [6, 6.07) is 18.6. The number of ether oxygens (including phenoxy) is 1. The minimum absolute atomic E-state index is 0.314. The molecule has 0 bridgehead atoms. The van der Waals surface area contributed by atoms with Gasteiger partial charge in [-0.05, 0) is 74.2 Å². The topological polar surface area (TPSA) is 84.6 Å². The largest absolute Gasteiger partial charge is 0.573 e. The van der Waals surface area contributed by atoms with Crippen molar-refractivity contribution >= 4 is 34.2 Å². The number of nitrogens with one attached hydrogen (secondary N) is 1. The summed E-state index contributed by atoms with van der Waals surface area (Å²) in [5.74, 6) is 0.995. The first-order valence-corrected chi connectivity index (χ1v) is 14.4. The molecule has 3 aromatic carbocycles. The van der Waals surface area contributed by atoms with Crippen LogP contribution >= 0.6 is 11.8 Å². The Bertz CT molecular complexity index is 1680. The number of nitrogens with zero attached hydrogens (tertiary/aromatic N) is 5. The molecule has 2 heterocycles. The molecule has 0 radical (unpaired) electrons. The first-order chi connectivity index (χ1) is 20.5. The molecule has 0 spiro atoms. The lowest BCUT2D eigenvalue weighted by Crippen LogP contribution is -2.28. The van der Waals surface area contributed by atoms with Crippen LogP contribution in [-0.4, -0.2) is 44.6 Å². The van der Waals surface area contributed by atoms with E-state index in [9.17, 15) is 18.0 Å². The van der Waals surface area contributed by atoms with E-state index in [-0.39, 0.29) is 5.75 Å². The number of halogens is 3. The number of aromatic nitrogens is 3. The second-order valence-electron chi connectivity index (χ2n) is 9.95. The molecule has 1 N–H and O–H groups in total. The van der Waals surface area contributed by atoms with Gasteiger partial charge < -0.3 is 15.0 Å². The molecule has 12 heteroatoms. The van der Waals surface area contributed by atoms with Crippen LogP contribution in [0.3, 0.4) is 0 Å². The van der Waals surface area contributed by atoms with Gasteiger partial charge in [0.05, 0.1) is 5.69 Å². The van der Waals surface area contributed by atoms with E-state index in [0.717, 1.165) is 45.8 Å². The van der Waals surface area contributed by atoms with E-state index in [1.54, 1.807) is 11.8 Å². The summed E-state index contributed by atoms with van der Waals surface area (Å²) >= 11 is 1.56. The summed E-state index contributed by atoms with van der Waals surface area (Å²) < 4.78 is 42.6. The van der Waals surface area contributed by atoms with Gasteiger partial charge in [-0.15, -0.1) is 18.3 Å². The van der Waals surface area contributed by atoms with E-state index in [0.29, 0.717) is 22.4 Å². The molecule has 1 aromatic heterocycles. The summed E-state index contributed by atoms with van der Waals surface area (Å²) in [5, 5.41) is 8.03. The van der Waals surface area contributed by atoms with Crippen molar-refractivity contribution < 1.29 is 22.7 Å². The third-order valence-corrected chi connectivity index (χ3v) is 7.90. The number of anilines is 1. The number of aliphatic imine (C=N–C) groups is 1. The number of allylic oxidation sites excluding steroid dienone is 2. The summed E-state index contributed by atoms with van der Waals surface area (Å²) in [6.45, 7) is 8.67. The molecule has 4 aromatic rings. The van der Waals surface area contributed by atoms with Crippen molar-refractivity contribution in [1.82, 2.24) is 20.1 Å². The molecule has 8 nitrogen and oxygen atoms in total. The first kappa shape index (κ1) is 29.9. The zero-order valence-electron chi connectivity index (χ0n) is 23.9. The average molecular weight is 607 g/mol. The Labute approximate surface area is 251 Å². The minimum Gasteiger partial charge on any atom is -0.406 e. The molecule has 2 amide bonds. The Hall–Kier alpha value is -4.58. The number of alkyl halides is 3. The highest BCUT2D eigenvalue weighted by Crippen LogP contribution is 2.31. The van der Waals surface area contributed by atoms with E-state index < -0.39 is 12.4 Å². The van der Waals surface area contributed by atoms with Gasteiger partial charge in [0.2, 0.25) is 0 Å². The molecule has 1 aliphatic rings. The van der Waals surface area contributed by atoms with Gasteiger partial charge in [-0.3, -0.25) is 0 Å². The highest BCUT2D eigenvalue weighted by atomic mass is 32.2. The number of urea groups is 1. The number of thioether (sulfide) groups is 1. The molecule has 43 heavy (non-hydrogen) atoms. The molecule has 5 rings (SSSR count). The second-order valence-corrected chi connectivity index (χ2v) is 11.0. The lowest BCUT2D eigenvalue weighted by Gasteiger charge is -2.22. The zero-order valence-corrected chi connectivity index (χ0v) is 24.8. The quantitative estimate of drug-likeness (QED) is 0.244. The fourth-order valence-corrected chi connectivity index (χ4v) is 5.65. The Kier molecular flexibility index (Phi) is 8.58. The number of rotatable bonds is 6. The number of amides is 2. The average Bonchev–Trinajstić information content (AvgIpc) is 3.63. The molecule has 0 atom stereocenters. The Balaban J connectivity index is 1.26. The van der Waals surface area contributed by atoms with E-state index >= 15 is 0 Å². The van der Waals surface area contributed by atoms with Crippen LogP contribution in [0.5, 0.6) is 5.75 Å². The number of hydrogen-bond donors (Lipinski definition) is 1. The van der Waals surface area contributed by atoms with Gasteiger partial charge in [0.1, 0.15) is 12.1 Å². The molecular weight excluding hydrogens is 577 g/mol. The number of carbonyl (C=O) groups is 1. The predicted octanol–water partition coefficient (Wildman–Crippen LogP) is 7.52. The lowest BCUT2D eigenvalue weighted by molar-refractivity contribution is -0.274. The molecule has 222 valence electrons. The van der Waals surface area contributed by atoms with Crippen molar-refractivity contribution in [2.75, 3.05) is 17.2 Å². The molecule has 0 saturated carbocycles. The fourth-order valence-electron chi connectivity index (χ4n) is 4.71. The predicted molar refractivity (Wildman–Crippen MR) is 163 cm³/mol. The second kappa shape index (κ2) is 12.3. The maximum Gasteiger partial charge on any atom is 0.573 e. The number of aryl methyl sites for hydroxylation is 2. The minimum atomic E-state index is -4.75. The van der Waals surface area contributed by atoms with Crippen molar-refractivity contribution in [3.8, 4) is 22.8 Å². The zero-order chi connectivity index (χ0) is 30.7. The number of hydrogen-bond acceptors (Lipinski definition) is 5.